The molecule has 0 N–H and O–H groups in total. The quantitative estimate of drug-likeness (QED) is 0.278. The van der Waals surface area contributed by atoms with Gasteiger partial charge in [-0.3, -0.25) is 0 Å². The van der Waals surface area contributed by atoms with E-state index in [4.69, 9.17) is 19.2 Å². The maximum absolute atomic E-state index is 13.6. The van der Waals surface area contributed by atoms with E-state index in [-0.39, 0.29) is 10.5 Å². The predicted molar refractivity (Wildman–Crippen MR) is 149 cm³/mol. The first-order valence-electron chi connectivity index (χ1n) is 11.9. The number of nitrogens with zero attached hydrogens (tertiary/aromatic N) is 3. The molecule has 2 heterocycles. The van der Waals surface area contributed by atoms with Crippen LogP contribution in [-0.2, 0) is 10.0 Å². The standard InChI is InChI=1S/C30H25N3O5S/c1-20-10-14-24(15-11-20)39(34,35)33-19-22(13-12-21-8-6-5-7-9-21)28-30(33)31-18-25(32-28)23-16-26(36-2)29(38-4)27(17-23)37-3/h5-11,14-19H,1-4H3. The zero-order valence-electron chi connectivity index (χ0n) is 21.8. The maximum atomic E-state index is 13.6. The van der Waals surface area contributed by atoms with Crippen molar-refractivity contribution in [3.63, 3.8) is 0 Å². The second kappa shape index (κ2) is 10.5. The molecule has 5 aromatic rings. The lowest BCUT2D eigenvalue weighted by Gasteiger charge is -2.14. The van der Waals surface area contributed by atoms with Gasteiger partial charge in [0.25, 0.3) is 10.0 Å². The van der Waals surface area contributed by atoms with Gasteiger partial charge in [-0.25, -0.2) is 22.4 Å². The molecule has 3 aromatic carbocycles. The Bertz CT molecular complexity index is 1810. The minimum absolute atomic E-state index is 0.142. The summed E-state index contributed by atoms with van der Waals surface area (Å²) in [6.07, 6.45) is 2.98. The molecular formula is C30H25N3O5S. The van der Waals surface area contributed by atoms with Gasteiger partial charge in [-0.2, -0.15) is 0 Å². The fourth-order valence-corrected chi connectivity index (χ4v) is 5.40. The molecule has 0 spiro atoms. The van der Waals surface area contributed by atoms with Gasteiger partial charge in [0.15, 0.2) is 17.1 Å². The van der Waals surface area contributed by atoms with Gasteiger partial charge in [-0.05, 0) is 43.3 Å². The Morgan fingerprint density at radius 2 is 1.51 bits per heavy atom. The number of benzene rings is 3. The van der Waals surface area contributed by atoms with Crippen molar-refractivity contribution in [2.75, 3.05) is 21.3 Å². The Kier molecular flexibility index (Phi) is 6.96. The highest BCUT2D eigenvalue weighted by atomic mass is 32.2. The van der Waals surface area contributed by atoms with Crippen LogP contribution in [-0.4, -0.2) is 43.7 Å². The number of hydrogen-bond donors (Lipinski definition) is 0. The Balaban J connectivity index is 1.72. The first-order chi connectivity index (χ1) is 18.8. The Morgan fingerprint density at radius 1 is 0.846 bits per heavy atom. The van der Waals surface area contributed by atoms with Crippen LogP contribution in [0.25, 0.3) is 22.4 Å². The van der Waals surface area contributed by atoms with Crippen molar-refractivity contribution in [3.8, 4) is 40.3 Å². The normalized spacial score (nSPS) is 11.1. The number of rotatable bonds is 6. The number of ether oxygens (including phenoxy) is 3. The highest BCUT2D eigenvalue weighted by molar-refractivity contribution is 7.90. The summed E-state index contributed by atoms with van der Waals surface area (Å²) < 4.78 is 44.8. The van der Waals surface area contributed by atoms with E-state index in [0.717, 1.165) is 15.1 Å². The van der Waals surface area contributed by atoms with Crippen molar-refractivity contribution < 1.29 is 22.6 Å². The van der Waals surface area contributed by atoms with Crippen LogP contribution in [0.2, 0.25) is 0 Å². The minimum atomic E-state index is -3.96. The second-order valence-corrected chi connectivity index (χ2v) is 10.4. The minimum Gasteiger partial charge on any atom is -0.493 e. The maximum Gasteiger partial charge on any atom is 0.269 e. The third-order valence-electron chi connectivity index (χ3n) is 6.12. The van der Waals surface area contributed by atoms with E-state index in [9.17, 15) is 8.42 Å². The van der Waals surface area contributed by atoms with Crippen molar-refractivity contribution in [1.82, 2.24) is 13.9 Å². The first kappa shape index (κ1) is 25.8. The van der Waals surface area contributed by atoms with Crippen LogP contribution in [0.15, 0.2) is 84.0 Å². The topological polar surface area (TPSA) is 92.5 Å². The molecule has 5 rings (SSSR count). The summed E-state index contributed by atoms with van der Waals surface area (Å²) >= 11 is 0. The van der Waals surface area contributed by atoms with Crippen LogP contribution in [0.4, 0.5) is 0 Å². The average Bonchev–Trinajstić information content (AvgIpc) is 3.34. The molecule has 9 heteroatoms. The molecule has 0 unspecified atom stereocenters. The summed E-state index contributed by atoms with van der Waals surface area (Å²) in [4.78, 5) is 9.48. The van der Waals surface area contributed by atoms with Gasteiger partial charge in [-0.15, -0.1) is 0 Å². The summed E-state index contributed by atoms with van der Waals surface area (Å²) in [5.74, 6) is 7.54. The number of aromatic nitrogens is 3. The molecule has 0 atom stereocenters. The molecule has 8 nitrogen and oxygen atoms in total. The molecule has 0 bridgehead atoms. The first-order valence-corrected chi connectivity index (χ1v) is 13.4. The third kappa shape index (κ3) is 4.90. The van der Waals surface area contributed by atoms with Gasteiger partial charge in [0.2, 0.25) is 5.75 Å². The molecule has 0 aliphatic carbocycles. The molecule has 0 amide bonds. The summed E-state index contributed by atoms with van der Waals surface area (Å²) in [6, 6.07) is 19.6. The largest absolute Gasteiger partial charge is 0.493 e. The van der Waals surface area contributed by atoms with Crippen molar-refractivity contribution in [2.24, 2.45) is 0 Å². The van der Waals surface area contributed by atoms with Gasteiger partial charge in [0, 0.05) is 17.3 Å². The number of methoxy groups -OCH3 is 3. The van der Waals surface area contributed by atoms with Crippen LogP contribution in [0.5, 0.6) is 17.2 Å². The van der Waals surface area contributed by atoms with E-state index >= 15 is 0 Å². The molecule has 39 heavy (non-hydrogen) atoms. The van der Waals surface area contributed by atoms with Crippen molar-refractivity contribution in [3.05, 3.63) is 95.8 Å². The van der Waals surface area contributed by atoms with Crippen LogP contribution in [0, 0.1) is 18.8 Å². The predicted octanol–water partition coefficient (Wildman–Crippen LogP) is 5.07. The van der Waals surface area contributed by atoms with Gasteiger partial charge in [0.05, 0.1) is 43.7 Å². The van der Waals surface area contributed by atoms with Gasteiger partial charge in [0.1, 0.15) is 5.52 Å². The Morgan fingerprint density at radius 3 is 2.13 bits per heavy atom. The fourth-order valence-electron chi connectivity index (χ4n) is 4.09. The van der Waals surface area contributed by atoms with E-state index in [0.29, 0.717) is 39.6 Å². The lowest BCUT2D eigenvalue weighted by atomic mass is 10.1. The lowest BCUT2D eigenvalue weighted by molar-refractivity contribution is 0.324. The van der Waals surface area contributed by atoms with Crippen LogP contribution in [0.1, 0.15) is 16.7 Å². The van der Waals surface area contributed by atoms with E-state index in [1.54, 1.807) is 36.4 Å². The van der Waals surface area contributed by atoms with Crippen molar-refractivity contribution in [1.29, 1.82) is 0 Å². The van der Waals surface area contributed by atoms with Crippen LogP contribution >= 0.6 is 0 Å². The van der Waals surface area contributed by atoms with E-state index < -0.39 is 10.0 Å². The van der Waals surface area contributed by atoms with Gasteiger partial charge in [-0.1, -0.05) is 47.7 Å². The van der Waals surface area contributed by atoms with E-state index in [1.165, 1.54) is 33.7 Å². The van der Waals surface area contributed by atoms with Gasteiger partial charge >= 0.3 is 0 Å². The van der Waals surface area contributed by atoms with E-state index in [1.807, 2.05) is 37.3 Å². The van der Waals surface area contributed by atoms with Gasteiger partial charge < -0.3 is 14.2 Å². The SMILES string of the molecule is COc1cc(-c2cnc3c(n2)c(C#Cc2ccccc2)cn3S(=O)(=O)c2ccc(C)cc2)cc(OC)c1OC. The zero-order valence-corrected chi connectivity index (χ0v) is 22.6. The highest BCUT2D eigenvalue weighted by Crippen LogP contribution is 2.41. The van der Waals surface area contributed by atoms with E-state index in [2.05, 4.69) is 16.8 Å². The molecule has 196 valence electrons. The molecule has 0 saturated carbocycles. The average molecular weight is 540 g/mol. The van der Waals surface area contributed by atoms with Crippen molar-refractivity contribution >= 4 is 21.2 Å². The lowest BCUT2D eigenvalue weighted by Crippen LogP contribution is -2.12. The monoisotopic (exact) mass is 539 g/mol. The number of fused-ring (bicyclic) bond motifs is 1. The van der Waals surface area contributed by atoms with Crippen molar-refractivity contribution in [2.45, 2.75) is 11.8 Å². The summed E-state index contributed by atoms with van der Waals surface area (Å²) in [7, 11) is 0.628. The number of hydrogen-bond acceptors (Lipinski definition) is 7. The van der Waals surface area contributed by atoms with Crippen LogP contribution < -0.4 is 14.2 Å². The molecule has 2 aromatic heterocycles. The molecular weight excluding hydrogens is 514 g/mol. The number of aryl methyl sites for hydroxylation is 1. The summed E-state index contributed by atoms with van der Waals surface area (Å²) in [6.45, 7) is 1.90. The second-order valence-electron chi connectivity index (χ2n) is 8.61. The fraction of sp³-hybridized carbons (Fsp3) is 0.133. The molecule has 0 radical (unpaired) electrons. The molecule has 0 saturated heterocycles. The third-order valence-corrected chi connectivity index (χ3v) is 7.78. The summed E-state index contributed by atoms with van der Waals surface area (Å²) in [5.41, 5.74) is 3.81. The highest BCUT2D eigenvalue weighted by Gasteiger charge is 2.24. The Hall–Kier alpha value is -4.81. The zero-order chi connectivity index (χ0) is 27.6. The van der Waals surface area contributed by atoms with Crippen LogP contribution in [0.3, 0.4) is 0 Å². The molecule has 0 aliphatic rings. The molecule has 0 fully saturated rings. The smallest absolute Gasteiger partial charge is 0.269 e. The summed E-state index contributed by atoms with van der Waals surface area (Å²) in [5, 5.41) is 0. The Labute approximate surface area is 226 Å². The molecule has 0 aliphatic heterocycles.